The fourth-order valence-corrected chi connectivity index (χ4v) is 2.65. The molecule has 5 heteroatoms. The van der Waals surface area contributed by atoms with E-state index in [-0.39, 0.29) is 12.1 Å². The van der Waals surface area contributed by atoms with E-state index < -0.39 is 0 Å². The van der Waals surface area contributed by atoms with Gasteiger partial charge in [0.15, 0.2) is 0 Å². The average Bonchev–Trinajstić information content (AvgIpc) is 2.48. The summed E-state index contributed by atoms with van der Waals surface area (Å²) in [6.45, 7) is 6.50. The van der Waals surface area contributed by atoms with Crippen LogP contribution in [-0.4, -0.2) is 43.2 Å². The van der Waals surface area contributed by atoms with Crippen LogP contribution in [0.4, 0.5) is 10.5 Å². The summed E-state index contributed by atoms with van der Waals surface area (Å²) in [5.41, 5.74) is 0.692. The smallest absolute Gasteiger partial charge is 0.319 e. The monoisotopic (exact) mass is 291 g/mol. The predicted octanol–water partition coefficient (Wildman–Crippen LogP) is 2.69. The van der Waals surface area contributed by atoms with Crippen LogP contribution in [0.5, 0.6) is 5.75 Å². The van der Waals surface area contributed by atoms with Crippen LogP contribution in [0.25, 0.3) is 0 Å². The Morgan fingerprint density at radius 1 is 1.29 bits per heavy atom. The van der Waals surface area contributed by atoms with Gasteiger partial charge in [-0.2, -0.15) is 0 Å². The van der Waals surface area contributed by atoms with Crippen LogP contribution in [0.2, 0.25) is 0 Å². The van der Waals surface area contributed by atoms with E-state index in [1.54, 1.807) is 7.11 Å². The third kappa shape index (κ3) is 4.36. The maximum absolute atomic E-state index is 12.1. The zero-order valence-electron chi connectivity index (χ0n) is 13.1. The number of piperidine rings is 1. The number of hydrogen-bond donors (Lipinski definition) is 2. The van der Waals surface area contributed by atoms with Gasteiger partial charge in [0.1, 0.15) is 5.75 Å². The van der Waals surface area contributed by atoms with Gasteiger partial charge >= 0.3 is 6.03 Å². The van der Waals surface area contributed by atoms with Gasteiger partial charge in [-0.3, -0.25) is 0 Å². The van der Waals surface area contributed by atoms with Crippen LogP contribution < -0.4 is 15.4 Å². The first-order valence-electron chi connectivity index (χ1n) is 7.54. The number of ether oxygens (including phenoxy) is 1. The number of nitrogens with one attached hydrogen (secondary N) is 2. The molecule has 0 atom stereocenters. The van der Waals surface area contributed by atoms with Gasteiger partial charge in [-0.25, -0.2) is 4.79 Å². The molecule has 1 fully saturated rings. The Morgan fingerprint density at radius 2 is 1.95 bits per heavy atom. The normalized spacial score (nSPS) is 16.8. The number of hydrogen-bond acceptors (Lipinski definition) is 3. The highest BCUT2D eigenvalue weighted by Gasteiger charge is 2.22. The molecule has 21 heavy (non-hydrogen) atoms. The molecule has 1 heterocycles. The summed E-state index contributed by atoms with van der Waals surface area (Å²) in [4.78, 5) is 14.5. The van der Waals surface area contributed by atoms with Gasteiger partial charge < -0.3 is 20.3 Å². The molecule has 2 amide bonds. The highest BCUT2D eigenvalue weighted by molar-refractivity contribution is 5.91. The lowest BCUT2D eigenvalue weighted by atomic mass is 10.0. The fraction of sp³-hybridized carbons (Fsp3) is 0.562. The minimum absolute atomic E-state index is 0.164. The van der Waals surface area contributed by atoms with Crippen molar-refractivity contribution < 1.29 is 9.53 Å². The third-order valence-corrected chi connectivity index (χ3v) is 3.95. The molecule has 1 aromatic carbocycles. The number of methoxy groups -OCH3 is 1. The van der Waals surface area contributed by atoms with E-state index in [0.717, 1.165) is 25.9 Å². The number of carbonyl (C=O) groups excluding carboxylic acids is 1. The number of likely N-dealkylation sites (tertiary alicyclic amines) is 1. The first-order chi connectivity index (χ1) is 10.1. The van der Waals surface area contributed by atoms with Crippen molar-refractivity contribution in [2.24, 2.45) is 0 Å². The number of carbonyl (C=O) groups is 1. The lowest BCUT2D eigenvalue weighted by Crippen LogP contribution is -2.47. The number of para-hydroxylation sites is 2. The van der Waals surface area contributed by atoms with Gasteiger partial charge in [0.05, 0.1) is 12.8 Å². The summed E-state index contributed by atoms with van der Waals surface area (Å²) in [6, 6.07) is 8.07. The van der Waals surface area contributed by atoms with Gasteiger partial charge in [-0.05, 0) is 38.8 Å². The fourth-order valence-electron chi connectivity index (χ4n) is 2.65. The average molecular weight is 291 g/mol. The second-order valence-electron chi connectivity index (χ2n) is 5.70. The highest BCUT2D eigenvalue weighted by atomic mass is 16.5. The van der Waals surface area contributed by atoms with E-state index in [1.165, 1.54) is 0 Å². The predicted molar refractivity (Wildman–Crippen MR) is 84.9 cm³/mol. The molecule has 0 aromatic heterocycles. The first-order valence-corrected chi connectivity index (χ1v) is 7.54. The molecule has 1 saturated heterocycles. The number of nitrogens with zero attached hydrogens (tertiary/aromatic N) is 1. The van der Waals surface area contributed by atoms with Crippen LogP contribution in [0, 0.1) is 0 Å². The number of benzene rings is 1. The van der Waals surface area contributed by atoms with Gasteiger partial charge in [0.2, 0.25) is 0 Å². The van der Waals surface area contributed by atoms with E-state index in [4.69, 9.17) is 4.74 Å². The maximum atomic E-state index is 12.1. The topological polar surface area (TPSA) is 53.6 Å². The molecule has 2 N–H and O–H groups in total. The Labute approximate surface area is 126 Å². The van der Waals surface area contributed by atoms with Crippen LogP contribution in [0.15, 0.2) is 24.3 Å². The molecule has 0 unspecified atom stereocenters. The minimum atomic E-state index is -0.164. The Balaban J connectivity index is 1.83. The Bertz CT molecular complexity index is 468. The molecule has 0 saturated carbocycles. The second kappa shape index (κ2) is 7.31. The van der Waals surface area contributed by atoms with Gasteiger partial charge in [-0.15, -0.1) is 0 Å². The minimum Gasteiger partial charge on any atom is -0.495 e. The van der Waals surface area contributed by atoms with E-state index in [2.05, 4.69) is 29.4 Å². The number of rotatable bonds is 4. The molecule has 1 aliphatic rings. The summed E-state index contributed by atoms with van der Waals surface area (Å²) >= 11 is 0. The summed E-state index contributed by atoms with van der Waals surface area (Å²) in [7, 11) is 1.60. The molecule has 5 nitrogen and oxygen atoms in total. The number of urea groups is 1. The van der Waals surface area contributed by atoms with E-state index in [1.807, 2.05) is 24.3 Å². The second-order valence-corrected chi connectivity index (χ2v) is 5.70. The number of amides is 2. The standard InChI is InChI=1S/C16H25N3O2/c1-12(2)19-10-8-13(9-11-19)17-16(20)18-14-6-4-5-7-15(14)21-3/h4-7,12-13H,8-11H2,1-3H3,(H2,17,18,20). The van der Waals surface area contributed by atoms with E-state index in [0.29, 0.717) is 17.5 Å². The van der Waals surface area contributed by atoms with E-state index in [9.17, 15) is 4.79 Å². The molecule has 0 bridgehead atoms. The van der Waals surface area contributed by atoms with Crippen molar-refractivity contribution in [1.82, 2.24) is 10.2 Å². The number of anilines is 1. The molecule has 2 rings (SSSR count). The Morgan fingerprint density at radius 3 is 2.57 bits per heavy atom. The zero-order valence-corrected chi connectivity index (χ0v) is 13.1. The summed E-state index contributed by atoms with van der Waals surface area (Å²) in [5, 5.41) is 5.90. The molecular weight excluding hydrogens is 266 g/mol. The van der Waals surface area contributed by atoms with E-state index >= 15 is 0 Å². The molecule has 1 aliphatic heterocycles. The SMILES string of the molecule is COc1ccccc1NC(=O)NC1CCN(C(C)C)CC1. The van der Waals surface area contributed by atoms with Crippen LogP contribution in [0.1, 0.15) is 26.7 Å². The largest absolute Gasteiger partial charge is 0.495 e. The van der Waals surface area contributed by atoms with Crippen LogP contribution >= 0.6 is 0 Å². The summed E-state index contributed by atoms with van der Waals surface area (Å²) in [6.07, 6.45) is 2.00. The molecule has 0 spiro atoms. The summed E-state index contributed by atoms with van der Waals surface area (Å²) in [5.74, 6) is 0.669. The Hall–Kier alpha value is -1.75. The van der Waals surface area contributed by atoms with Crippen molar-refractivity contribution in [1.29, 1.82) is 0 Å². The Kier molecular flexibility index (Phi) is 5.44. The maximum Gasteiger partial charge on any atom is 0.319 e. The van der Waals surface area contributed by atoms with Crippen molar-refractivity contribution >= 4 is 11.7 Å². The molecule has 0 aliphatic carbocycles. The van der Waals surface area contributed by atoms with Gasteiger partial charge in [0.25, 0.3) is 0 Å². The summed E-state index contributed by atoms with van der Waals surface area (Å²) < 4.78 is 5.23. The highest BCUT2D eigenvalue weighted by Crippen LogP contribution is 2.23. The van der Waals surface area contributed by atoms with Crippen molar-refractivity contribution in [3.63, 3.8) is 0 Å². The molecule has 1 aromatic rings. The lowest BCUT2D eigenvalue weighted by Gasteiger charge is -2.34. The molecular formula is C16H25N3O2. The van der Waals surface area contributed by atoms with Crippen LogP contribution in [-0.2, 0) is 0 Å². The van der Waals surface area contributed by atoms with Gasteiger partial charge in [-0.1, -0.05) is 12.1 Å². The third-order valence-electron chi connectivity index (χ3n) is 3.95. The molecule has 116 valence electrons. The van der Waals surface area contributed by atoms with Gasteiger partial charge in [0, 0.05) is 25.2 Å². The van der Waals surface area contributed by atoms with Crippen molar-refractivity contribution in [3.05, 3.63) is 24.3 Å². The quantitative estimate of drug-likeness (QED) is 0.897. The molecule has 0 radical (unpaired) electrons. The first kappa shape index (κ1) is 15.6. The van der Waals surface area contributed by atoms with Crippen molar-refractivity contribution in [2.45, 2.75) is 38.8 Å². The van der Waals surface area contributed by atoms with Crippen LogP contribution in [0.3, 0.4) is 0 Å². The van der Waals surface area contributed by atoms with Crippen molar-refractivity contribution in [2.75, 3.05) is 25.5 Å². The zero-order chi connectivity index (χ0) is 15.2. The van der Waals surface area contributed by atoms with Crippen molar-refractivity contribution in [3.8, 4) is 5.75 Å². The lowest BCUT2D eigenvalue weighted by molar-refractivity contribution is 0.163.